The Morgan fingerprint density at radius 1 is 1.55 bits per heavy atom. The summed E-state index contributed by atoms with van der Waals surface area (Å²) >= 11 is 0. The molecule has 11 heavy (non-hydrogen) atoms. The largest absolute Gasteiger partial charge is 0.363 e. The van der Waals surface area contributed by atoms with Crippen molar-refractivity contribution in [1.29, 1.82) is 0 Å². The van der Waals surface area contributed by atoms with E-state index in [1.165, 1.54) is 33.7 Å². The second-order valence-corrected chi connectivity index (χ2v) is 6.18. The minimum atomic E-state index is 0.0839. The van der Waals surface area contributed by atoms with Crippen molar-refractivity contribution in [2.24, 2.45) is 0 Å². The summed E-state index contributed by atoms with van der Waals surface area (Å²) in [5.74, 6) is 0. The zero-order valence-electron chi connectivity index (χ0n) is 7.70. The van der Waals surface area contributed by atoms with Gasteiger partial charge in [0.2, 0.25) is 0 Å². The minimum absolute atomic E-state index is 0.0839. The number of hydrogen-bond acceptors (Lipinski definition) is 0. The van der Waals surface area contributed by atoms with E-state index in [1.54, 1.807) is 5.19 Å². The van der Waals surface area contributed by atoms with Gasteiger partial charge in [-0.05, 0) is 25.1 Å². The van der Waals surface area contributed by atoms with Crippen molar-refractivity contribution in [3.05, 3.63) is 17.5 Å². The molecule has 1 aromatic rings. The van der Waals surface area contributed by atoms with Crippen LogP contribution in [0.25, 0.3) is 0 Å². The maximum Gasteiger partial charge on any atom is 0.0568 e. The van der Waals surface area contributed by atoms with Gasteiger partial charge in [-0.2, -0.15) is 0 Å². The van der Waals surface area contributed by atoms with E-state index in [-0.39, 0.29) is 9.52 Å². The Kier molecular flexibility index (Phi) is 3.14. The number of aryl methyl sites for hydroxylation is 2. The van der Waals surface area contributed by atoms with Crippen LogP contribution < -0.4 is 5.19 Å². The summed E-state index contributed by atoms with van der Waals surface area (Å²) in [7, 11) is 1.46. The van der Waals surface area contributed by atoms with Crippen LogP contribution in [0.3, 0.4) is 0 Å². The maximum atomic E-state index is 3.36. The molecule has 0 aromatic carbocycles. The summed E-state index contributed by atoms with van der Waals surface area (Å²) in [4.78, 5) is 3.36. The lowest BCUT2D eigenvalue weighted by atomic mass is 10.4. The highest BCUT2D eigenvalue weighted by molar-refractivity contribution is 6.54. The molecule has 0 saturated heterocycles. The van der Waals surface area contributed by atoms with Crippen LogP contribution in [0.2, 0.25) is 12.1 Å². The molecule has 0 radical (unpaired) electrons. The molecule has 0 aliphatic carbocycles. The van der Waals surface area contributed by atoms with Gasteiger partial charge >= 0.3 is 0 Å². The summed E-state index contributed by atoms with van der Waals surface area (Å²) in [5, 5.41) is 1.65. The first kappa shape index (κ1) is 8.81. The zero-order valence-corrected chi connectivity index (χ0v) is 11.1. The van der Waals surface area contributed by atoms with Gasteiger partial charge in [-0.25, -0.2) is 0 Å². The number of nitrogens with one attached hydrogen (secondary N) is 1. The topological polar surface area (TPSA) is 15.8 Å². The van der Waals surface area contributed by atoms with E-state index in [0.717, 1.165) is 0 Å². The third kappa shape index (κ3) is 2.34. The van der Waals surface area contributed by atoms with Crippen LogP contribution in [0.15, 0.2) is 6.07 Å². The molecule has 1 nitrogen and oxygen atoms in total. The van der Waals surface area contributed by atoms with Crippen molar-refractivity contribution in [2.45, 2.75) is 25.9 Å². The van der Waals surface area contributed by atoms with Gasteiger partial charge in [0.15, 0.2) is 0 Å². The molecule has 1 aromatic heterocycles. The Morgan fingerprint density at radius 3 is 2.73 bits per heavy atom. The fourth-order valence-corrected chi connectivity index (χ4v) is 4.12. The Hall–Kier alpha value is -0.286. The molecular weight excluding hydrogens is 166 g/mol. The average molecular weight is 183 g/mol. The Morgan fingerprint density at radius 2 is 2.27 bits per heavy atom. The molecule has 0 aliphatic heterocycles. The van der Waals surface area contributed by atoms with E-state index in [9.17, 15) is 0 Å². The highest BCUT2D eigenvalue weighted by Gasteiger charge is 2.00. The third-order valence-corrected chi connectivity index (χ3v) is 6.51. The van der Waals surface area contributed by atoms with Crippen molar-refractivity contribution in [2.75, 3.05) is 0 Å². The van der Waals surface area contributed by atoms with Gasteiger partial charge in [0, 0.05) is 21.6 Å². The highest BCUT2D eigenvalue weighted by atomic mass is 28.2. The lowest BCUT2D eigenvalue weighted by Gasteiger charge is -1.94. The van der Waals surface area contributed by atoms with E-state index >= 15 is 0 Å². The molecule has 0 spiro atoms. The van der Waals surface area contributed by atoms with E-state index in [2.05, 4.69) is 24.9 Å². The molecule has 1 N–H and O–H groups in total. The van der Waals surface area contributed by atoms with Crippen LogP contribution in [0.1, 0.15) is 11.4 Å². The molecule has 3 heteroatoms. The molecule has 1 heterocycles. The first-order chi connectivity index (χ1) is 5.24. The first-order valence-corrected chi connectivity index (χ1v) is 7.51. The summed E-state index contributed by atoms with van der Waals surface area (Å²) in [6.07, 6.45) is 0. The second kappa shape index (κ2) is 3.92. The number of aromatic amines is 1. The van der Waals surface area contributed by atoms with E-state index < -0.39 is 0 Å². The Labute approximate surface area is 73.8 Å². The Bertz CT molecular complexity index is 230. The number of rotatable bonds is 3. The normalized spacial score (nSPS) is 11.8. The molecule has 1 rings (SSSR count). The van der Waals surface area contributed by atoms with Gasteiger partial charge in [0.05, 0.1) is 9.52 Å². The predicted molar refractivity (Wildman–Crippen MR) is 58.0 cm³/mol. The van der Waals surface area contributed by atoms with Crippen molar-refractivity contribution >= 4 is 24.9 Å². The smallest absolute Gasteiger partial charge is 0.0568 e. The van der Waals surface area contributed by atoms with E-state index in [4.69, 9.17) is 0 Å². The Balaban J connectivity index is 2.62. The molecule has 0 bridgehead atoms. The van der Waals surface area contributed by atoms with Gasteiger partial charge in [-0.15, -0.1) is 0 Å². The summed E-state index contributed by atoms with van der Waals surface area (Å²) in [6, 6.07) is 5.32. The molecule has 0 atom stereocenters. The number of H-pyrrole nitrogens is 1. The molecule has 0 fully saturated rings. The van der Waals surface area contributed by atoms with Gasteiger partial charge in [-0.3, -0.25) is 0 Å². The van der Waals surface area contributed by atoms with Crippen LogP contribution in [0.4, 0.5) is 0 Å². The monoisotopic (exact) mass is 183 g/mol. The molecule has 0 unspecified atom stereocenters. The second-order valence-electron chi connectivity index (χ2n) is 3.21. The number of hydrogen-bond donors (Lipinski definition) is 1. The van der Waals surface area contributed by atoms with Crippen molar-refractivity contribution in [1.82, 2.24) is 4.98 Å². The predicted octanol–water partition coefficient (Wildman–Crippen LogP) is -0.372. The summed E-state index contributed by atoms with van der Waals surface area (Å²) < 4.78 is 0. The molecule has 0 amide bonds. The van der Waals surface area contributed by atoms with Crippen LogP contribution in [0.5, 0.6) is 0 Å². The standard InChI is InChI=1S/C8H17NSi2/c1-6-5-8(7(2)9-6)11-4-3-10/h5,9H,3-4,11H2,1-2,10H3. The molecule has 62 valence electrons. The summed E-state index contributed by atoms with van der Waals surface area (Å²) in [5.41, 5.74) is 2.75. The van der Waals surface area contributed by atoms with Gasteiger partial charge in [0.1, 0.15) is 0 Å². The van der Waals surface area contributed by atoms with Crippen molar-refractivity contribution in [3.63, 3.8) is 0 Å². The third-order valence-electron chi connectivity index (χ3n) is 2.06. The minimum Gasteiger partial charge on any atom is -0.363 e. The van der Waals surface area contributed by atoms with Crippen molar-refractivity contribution in [3.8, 4) is 0 Å². The number of aromatic nitrogens is 1. The SMILES string of the molecule is Cc1cc([SiH2]CC[SiH3])c(C)[nH]1. The van der Waals surface area contributed by atoms with Crippen LogP contribution >= 0.6 is 0 Å². The van der Waals surface area contributed by atoms with Gasteiger partial charge < -0.3 is 4.98 Å². The fourth-order valence-electron chi connectivity index (χ4n) is 1.41. The van der Waals surface area contributed by atoms with Crippen LogP contribution in [-0.4, -0.2) is 24.7 Å². The zero-order chi connectivity index (χ0) is 8.27. The lowest BCUT2D eigenvalue weighted by Crippen LogP contribution is -2.13. The highest BCUT2D eigenvalue weighted by Crippen LogP contribution is 1.96. The van der Waals surface area contributed by atoms with E-state index in [1.807, 2.05) is 0 Å². The van der Waals surface area contributed by atoms with Crippen molar-refractivity contribution < 1.29 is 0 Å². The molecule has 0 aliphatic rings. The average Bonchev–Trinajstić information content (AvgIpc) is 2.26. The van der Waals surface area contributed by atoms with Crippen LogP contribution in [-0.2, 0) is 0 Å². The van der Waals surface area contributed by atoms with E-state index in [0.29, 0.717) is 0 Å². The van der Waals surface area contributed by atoms with Gasteiger partial charge in [-0.1, -0.05) is 12.1 Å². The maximum absolute atomic E-state index is 3.36. The molecular formula is C8H17NSi2. The first-order valence-electron chi connectivity index (χ1n) is 4.39. The summed E-state index contributed by atoms with van der Waals surface area (Å²) in [6.45, 7) is 4.34. The van der Waals surface area contributed by atoms with Crippen LogP contribution in [0, 0.1) is 13.8 Å². The lowest BCUT2D eigenvalue weighted by molar-refractivity contribution is 1.19. The molecule has 0 saturated carbocycles. The van der Waals surface area contributed by atoms with Gasteiger partial charge in [0.25, 0.3) is 0 Å². The fraction of sp³-hybridized carbons (Fsp3) is 0.500. The quantitative estimate of drug-likeness (QED) is 0.616.